The predicted octanol–water partition coefficient (Wildman–Crippen LogP) is 3.04. The molecule has 0 amide bonds. The van der Waals surface area contributed by atoms with Gasteiger partial charge in [-0.3, -0.25) is 0 Å². The molecular weight excluding hydrogens is 250 g/mol. The fourth-order valence-electron chi connectivity index (χ4n) is 1.58. The van der Waals surface area contributed by atoms with E-state index in [1.807, 2.05) is 0 Å². The summed E-state index contributed by atoms with van der Waals surface area (Å²) in [6.07, 6.45) is -21.0. The summed E-state index contributed by atoms with van der Waals surface area (Å²) in [4.78, 5) is -0.125. The summed E-state index contributed by atoms with van der Waals surface area (Å²) in [5.74, 6) is -3.93. The molecule has 1 atom stereocenters. The Balaban J connectivity index is 3.33. The van der Waals surface area contributed by atoms with Crippen molar-refractivity contribution < 1.29 is 35.9 Å². The highest BCUT2D eigenvalue weighted by atomic mass is 16.5. The fraction of sp³-hybridized carbons (Fsp3) is 0.647. The van der Waals surface area contributed by atoms with Crippen LogP contribution in [-0.2, 0) is 0 Å². The molecular formula is C17H27NO2. The van der Waals surface area contributed by atoms with E-state index in [1.165, 1.54) is 0 Å². The number of methoxy groups -OCH3 is 1. The van der Waals surface area contributed by atoms with Crippen LogP contribution in [0.15, 0.2) is 24.2 Å². The lowest BCUT2D eigenvalue weighted by molar-refractivity contribution is -0.0277. The summed E-state index contributed by atoms with van der Waals surface area (Å²) in [7, 11) is 1.54. The first-order chi connectivity index (χ1) is 17.0. The summed E-state index contributed by atoms with van der Waals surface area (Å²) in [5.41, 5.74) is -5.75. The van der Waals surface area contributed by atoms with Crippen molar-refractivity contribution in [3.05, 3.63) is 29.7 Å². The smallest absolute Gasteiger partial charge is 0.118 e. The first kappa shape index (κ1) is 4.02. The van der Waals surface area contributed by atoms with Crippen molar-refractivity contribution in [1.82, 2.24) is 4.90 Å². The van der Waals surface area contributed by atoms with Gasteiger partial charge in [-0.1, -0.05) is 31.2 Å². The van der Waals surface area contributed by atoms with Gasteiger partial charge < -0.3 is 14.7 Å². The lowest BCUT2D eigenvalue weighted by Crippen LogP contribution is -2.42. The molecule has 1 fully saturated rings. The van der Waals surface area contributed by atoms with E-state index in [9.17, 15) is 5.11 Å². The van der Waals surface area contributed by atoms with Crippen molar-refractivity contribution in [1.29, 1.82) is 0 Å². The van der Waals surface area contributed by atoms with Gasteiger partial charge in [0.25, 0.3) is 0 Å². The third kappa shape index (κ3) is 3.53. The van der Waals surface area contributed by atoms with Crippen molar-refractivity contribution >= 4 is 0 Å². The second kappa shape index (κ2) is 6.59. The van der Waals surface area contributed by atoms with E-state index in [1.54, 1.807) is 0 Å². The first-order valence-electron chi connectivity index (χ1n) is 15.1. The number of benzene rings is 1. The number of hydrogen-bond donors (Lipinski definition) is 1. The van der Waals surface area contributed by atoms with Gasteiger partial charge in [0, 0.05) is 33.0 Å². The zero-order valence-corrected chi connectivity index (χ0v) is 10.9. The fourth-order valence-corrected chi connectivity index (χ4v) is 1.58. The van der Waals surface area contributed by atoms with Gasteiger partial charge in [0.1, 0.15) is 5.75 Å². The van der Waals surface area contributed by atoms with Crippen LogP contribution in [0.3, 0.4) is 0 Å². The molecule has 0 radical (unpaired) electrons. The van der Waals surface area contributed by atoms with E-state index in [4.69, 9.17) is 30.8 Å². The molecule has 1 aliphatic rings. The highest BCUT2D eigenvalue weighted by Gasteiger charge is 2.38. The van der Waals surface area contributed by atoms with Crippen LogP contribution in [-0.4, -0.2) is 43.2 Å². The number of nitrogens with zero attached hydrogens (tertiary/aromatic N) is 1. The average Bonchev–Trinajstić information content (AvgIpc) is 2.77. The molecule has 0 bridgehead atoms. The summed E-state index contributed by atoms with van der Waals surface area (Å²) in [6.45, 7) is -7.24. The van der Waals surface area contributed by atoms with Crippen LogP contribution in [0.5, 0.6) is 5.75 Å². The largest absolute Gasteiger partial charge is 0.497 e. The molecule has 3 heteroatoms. The molecule has 1 N–H and O–H groups in total. The Kier molecular flexibility index (Phi) is 1.33. The monoisotopic (exact) mass is 296 g/mol. The number of likely N-dealkylation sites (N-methyl/N-ethyl adjacent to an activating group) is 1. The van der Waals surface area contributed by atoms with E-state index in [0.29, 0.717) is 7.05 Å². The van der Waals surface area contributed by atoms with Gasteiger partial charge in [-0.05, 0) is 44.4 Å². The van der Waals surface area contributed by atoms with Crippen molar-refractivity contribution in [2.75, 3.05) is 27.6 Å². The van der Waals surface area contributed by atoms with E-state index >= 15 is 0 Å². The highest BCUT2D eigenvalue weighted by Crippen LogP contribution is 2.40. The van der Waals surface area contributed by atoms with E-state index in [2.05, 4.69) is 0 Å². The van der Waals surface area contributed by atoms with E-state index < -0.39 is 92.3 Å². The molecule has 1 saturated carbocycles. The number of aliphatic hydroxyl groups is 1. The lowest BCUT2D eigenvalue weighted by atomic mass is 9.72. The minimum atomic E-state index is -4.43. The molecule has 0 unspecified atom stereocenters. The van der Waals surface area contributed by atoms with Crippen molar-refractivity contribution in [2.24, 2.45) is 0 Å². The maximum absolute atomic E-state index is 12.0. The average molecular weight is 297 g/mol. The topological polar surface area (TPSA) is 32.7 Å². The molecule has 0 spiro atoms. The Morgan fingerprint density at radius 2 is 2.10 bits per heavy atom. The van der Waals surface area contributed by atoms with Crippen LogP contribution < -0.4 is 4.74 Å². The minimum absolute atomic E-state index is 0.125. The van der Waals surface area contributed by atoms with Crippen LogP contribution in [0, 0.1) is 0 Å². The Hall–Kier alpha value is -1.06. The second-order valence-corrected chi connectivity index (χ2v) is 3.96. The summed E-state index contributed by atoms with van der Waals surface area (Å²) >= 11 is 0. The molecule has 2 rings (SSSR count). The SMILES string of the molecule is [2H]c1c([2H])c([C@@H](C([2H])([2H])N(C)C([2H])([2H])[2H])C2(O)C([2H])([2H])C([2H])([2H])C([2H])([2H])C([2H])([2H])C2([2H])[2H])c([2H])c([2H])c1OC. The molecule has 20 heavy (non-hydrogen) atoms. The van der Waals surface area contributed by atoms with E-state index in [0.717, 1.165) is 7.11 Å². The molecule has 0 saturated heterocycles. The van der Waals surface area contributed by atoms with Gasteiger partial charge in [0.05, 0.1) is 18.2 Å². The molecule has 1 aromatic rings. The maximum atomic E-state index is 12.0. The second-order valence-electron chi connectivity index (χ2n) is 3.96. The Bertz CT molecular complexity index is 1080. The van der Waals surface area contributed by atoms with Crippen molar-refractivity contribution in [2.45, 2.75) is 43.4 Å². The Morgan fingerprint density at radius 1 is 1.45 bits per heavy atom. The Labute approximate surface area is 149 Å². The lowest BCUT2D eigenvalue weighted by Gasteiger charge is -2.40. The van der Waals surface area contributed by atoms with Gasteiger partial charge >= 0.3 is 0 Å². The van der Waals surface area contributed by atoms with Gasteiger partial charge in [-0.15, -0.1) is 0 Å². The summed E-state index contributed by atoms with van der Waals surface area (Å²) < 4.78 is 161. The van der Waals surface area contributed by atoms with E-state index in [-0.39, 0.29) is 4.90 Å². The van der Waals surface area contributed by atoms with Gasteiger partial charge in [0.2, 0.25) is 0 Å². The first-order valence-corrected chi connectivity index (χ1v) is 5.60. The van der Waals surface area contributed by atoms with Crippen LogP contribution in [0.1, 0.15) is 69.4 Å². The molecule has 0 heterocycles. The zero-order valence-electron chi connectivity index (χ0n) is 29.9. The van der Waals surface area contributed by atoms with Crippen molar-refractivity contribution in [3.63, 3.8) is 0 Å². The Morgan fingerprint density at radius 3 is 2.65 bits per heavy atom. The normalized spacial score (nSPS) is 47.7. The molecule has 0 aliphatic heterocycles. The molecule has 1 aliphatic carbocycles. The highest BCUT2D eigenvalue weighted by molar-refractivity contribution is 5.31. The van der Waals surface area contributed by atoms with Crippen molar-refractivity contribution in [3.8, 4) is 5.75 Å². The molecule has 0 aromatic heterocycles. The third-order valence-electron chi connectivity index (χ3n) is 2.49. The number of rotatable bonds is 5. The molecule has 1 aromatic carbocycles. The number of ether oxygens (including phenoxy) is 1. The quantitative estimate of drug-likeness (QED) is 0.906. The van der Waals surface area contributed by atoms with Gasteiger partial charge in [0.15, 0.2) is 0 Å². The van der Waals surface area contributed by atoms with Crippen LogP contribution in [0.25, 0.3) is 0 Å². The van der Waals surface area contributed by atoms with Crippen LogP contribution >= 0.6 is 0 Å². The van der Waals surface area contributed by atoms with Gasteiger partial charge in [-0.2, -0.15) is 0 Å². The zero-order chi connectivity index (χ0) is 31.3. The molecule has 112 valence electrons. The predicted molar refractivity (Wildman–Crippen MR) is 82.3 cm³/mol. The van der Waals surface area contributed by atoms with Crippen LogP contribution in [0.2, 0.25) is 0 Å². The standard InChI is InChI=1S/C17H27NO2/c1-18(2)13-16(17(19)11-5-4-6-12-17)14-7-9-15(20-3)10-8-14/h7-10,16,19H,4-6,11-13H2,1-3H3/t16-/m1/s1/i1D3,4D2,5D2,6D2,7D,8D,9D,10D,11D2,12D2,13D2. The maximum Gasteiger partial charge on any atom is 0.118 e. The minimum Gasteiger partial charge on any atom is -0.497 e. The van der Waals surface area contributed by atoms with Crippen LogP contribution in [0.4, 0.5) is 0 Å². The summed E-state index contributed by atoms with van der Waals surface area (Å²) in [5, 5.41) is 12.0. The van der Waals surface area contributed by atoms with Gasteiger partial charge in [-0.25, -0.2) is 0 Å². The third-order valence-corrected chi connectivity index (χ3v) is 2.49. The summed E-state index contributed by atoms with van der Waals surface area (Å²) in [6, 6.07) is -4.58. The molecule has 3 nitrogen and oxygen atoms in total. The number of hydrogen-bond acceptors (Lipinski definition) is 3.